The fourth-order valence-electron chi connectivity index (χ4n) is 2.27. The highest BCUT2D eigenvalue weighted by atomic mass is 35.5. The van der Waals surface area contributed by atoms with Gasteiger partial charge in [0.05, 0.1) is 6.10 Å². The van der Waals surface area contributed by atoms with E-state index in [9.17, 15) is 5.11 Å². The highest BCUT2D eigenvalue weighted by Crippen LogP contribution is 2.23. The van der Waals surface area contributed by atoms with Crippen LogP contribution in [0, 0.1) is 0 Å². The van der Waals surface area contributed by atoms with Crippen LogP contribution in [0.15, 0.2) is 48.5 Å². The Hall–Kier alpha value is -1.01. The molecule has 0 aliphatic rings. The van der Waals surface area contributed by atoms with Crippen LogP contribution in [0.4, 0.5) is 0 Å². The van der Waals surface area contributed by atoms with Gasteiger partial charge in [0.1, 0.15) is 12.4 Å². The number of hydrogen-bond donors (Lipinski definition) is 3. The number of rotatable bonds is 10. The Morgan fingerprint density at radius 3 is 2.42 bits per heavy atom. The summed E-state index contributed by atoms with van der Waals surface area (Å²) in [6, 6.07) is 15.8. The van der Waals surface area contributed by atoms with E-state index in [1.807, 2.05) is 48.5 Å². The van der Waals surface area contributed by atoms with Crippen LogP contribution in [-0.4, -0.2) is 30.8 Å². The largest absolute Gasteiger partial charge is 0.489 e. The van der Waals surface area contributed by atoms with Gasteiger partial charge in [-0.3, -0.25) is 0 Å². The average Bonchev–Trinajstić information content (AvgIpc) is 2.58. The minimum atomic E-state index is -0.323. The summed E-state index contributed by atoms with van der Waals surface area (Å²) in [6.07, 6.45) is -0.323. The second-order valence-electron chi connectivity index (χ2n) is 5.76. The Kier molecular flexibility index (Phi) is 13.6. The van der Waals surface area contributed by atoms with Gasteiger partial charge in [-0.05, 0) is 30.7 Å². The molecule has 0 aromatic heterocycles. The summed E-state index contributed by atoms with van der Waals surface area (Å²) in [4.78, 5) is 0. The van der Waals surface area contributed by atoms with E-state index < -0.39 is 0 Å². The van der Waals surface area contributed by atoms with Gasteiger partial charge in [0.25, 0.3) is 0 Å². The van der Waals surface area contributed by atoms with E-state index in [4.69, 9.17) is 16.3 Å². The average molecular weight is 422 g/mol. The van der Waals surface area contributed by atoms with Gasteiger partial charge in [0, 0.05) is 36.8 Å². The zero-order valence-electron chi connectivity index (χ0n) is 14.8. The van der Waals surface area contributed by atoms with Gasteiger partial charge in [0.2, 0.25) is 0 Å². The first-order valence-electron chi connectivity index (χ1n) is 8.20. The third kappa shape index (κ3) is 9.62. The molecule has 1 unspecified atom stereocenters. The van der Waals surface area contributed by atoms with Gasteiger partial charge in [0.15, 0.2) is 0 Å². The first-order valence-corrected chi connectivity index (χ1v) is 8.57. The molecule has 0 saturated heterocycles. The van der Waals surface area contributed by atoms with Crippen molar-refractivity contribution >= 4 is 36.4 Å². The highest BCUT2D eigenvalue weighted by Gasteiger charge is 2.05. The van der Waals surface area contributed by atoms with E-state index in [0.29, 0.717) is 24.7 Å². The van der Waals surface area contributed by atoms with Crippen molar-refractivity contribution in [2.24, 2.45) is 0 Å². The van der Waals surface area contributed by atoms with Gasteiger partial charge < -0.3 is 20.5 Å². The lowest BCUT2D eigenvalue weighted by Crippen LogP contribution is -2.31. The summed E-state index contributed by atoms with van der Waals surface area (Å²) in [5, 5.41) is 16.4. The molecular formula is C19H27Cl3N2O2. The van der Waals surface area contributed by atoms with Crippen LogP contribution >= 0.6 is 36.4 Å². The molecule has 2 aromatic carbocycles. The summed E-state index contributed by atoms with van der Waals surface area (Å²) in [7, 11) is 0. The van der Waals surface area contributed by atoms with Crippen LogP contribution in [0.1, 0.15) is 18.1 Å². The standard InChI is InChI=1S/C19H25ClN2O2.2ClH/c1-15(23)12-21-9-10-22-13-17-11-18(20)7-8-19(17)24-14-16-5-3-2-4-6-16;;/h2-8,11,15,21-23H,9-10,12-14H2,1H3;2*1H. The molecule has 0 aliphatic heterocycles. The molecule has 146 valence electrons. The predicted molar refractivity (Wildman–Crippen MR) is 113 cm³/mol. The molecule has 0 fully saturated rings. The molecule has 7 heteroatoms. The summed E-state index contributed by atoms with van der Waals surface area (Å²) >= 11 is 6.11. The minimum Gasteiger partial charge on any atom is -0.489 e. The maximum atomic E-state index is 9.19. The van der Waals surface area contributed by atoms with E-state index >= 15 is 0 Å². The fourth-order valence-corrected chi connectivity index (χ4v) is 2.47. The Morgan fingerprint density at radius 1 is 1.04 bits per heavy atom. The van der Waals surface area contributed by atoms with Gasteiger partial charge in [-0.1, -0.05) is 41.9 Å². The summed E-state index contributed by atoms with van der Waals surface area (Å²) in [6.45, 7) is 5.18. The Bertz CT molecular complexity index is 613. The van der Waals surface area contributed by atoms with Gasteiger partial charge >= 0.3 is 0 Å². The maximum absolute atomic E-state index is 9.19. The van der Waals surface area contributed by atoms with E-state index in [1.54, 1.807) is 6.92 Å². The Labute approximate surface area is 173 Å². The smallest absolute Gasteiger partial charge is 0.124 e. The van der Waals surface area contributed by atoms with Crippen molar-refractivity contribution in [1.82, 2.24) is 10.6 Å². The molecule has 0 aliphatic carbocycles. The zero-order valence-corrected chi connectivity index (χ0v) is 17.2. The quantitative estimate of drug-likeness (QED) is 0.510. The predicted octanol–water partition coefficient (Wildman–Crippen LogP) is 3.82. The summed E-state index contributed by atoms with van der Waals surface area (Å²) in [5.41, 5.74) is 2.17. The second-order valence-corrected chi connectivity index (χ2v) is 6.19. The van der Waals surface area contributed by atoms with Gasteiger partial charge in [-0.15, -0.1) is 24.8 Å². The van der Waals surface area contributed by atoms with Crippen LogP contribution in [0.5, 0.6) is 5.75 Å². The molecular weight excluding hydrogens is 395 g/mol. The highest BCUT2D eigenvalue weighted by molar-refractivity contribution is 6.30. The number of halogens is 3. The van der Waals surface area contributed by atoms with Crippen molar-refractivity contribution in [3.8, 4) is 5.75 Å². The van der Waals surface area contributed by atoms with Gasteiger partial charge in [-0.25, -0.2) is 0 Å². The lowest BCUT2D eigenvalue weighted by molar-refractivity contribution is 0.191. The van der Waals surface area contributed by atoms with Crippen LogP contribution in [-0.2, 0) is 13.2 Å². The Morgan fingerprint density at radius 2 is 1.73 bits per heavy atom. The SMILES string of the molecule is CC(O)CNCCNCc1cc(Cl)ccc1OCc1ccccc1.Cl.Cl. The monoisotopic (exact) mass is 420 g/mol. The number of ether oxygens (including phenoxy) is 1. The van der Waals surface area contributed by atoms with Crippen LogP contribution in [0.25, 0.3) is 0 Å². The van der Waals surface area contributed by atoms with Gasteiger partial charge in [-0.2, -0.15) is 0 Å². The van der Waals surface area contributed by atoms with E-state index in [1.165, 1.54) is 0 Å². The minimum absolute atomic E-state index is 0. The van der Waals surface area contributed by atoms with E-state index in [0.717, 1.165) is 30.0 Å². The molecule has 26 heavy (non-hydrogen) atoms. The van der Waals surface area contributed by atoms with Crippen molar-refractivity contribution in [2.75, 3.05) is 19.6 Å². The first-order chi connectivity index (χ1) is 11.6. The Balaban J connectivity index is 0.00000312. The van der Waals surface area contributed by atoms with Crippen LogP contribution in [0.3, 0.4) is 0 Å². The van der Waals surface area contributed by atoms with E-state index in [-0.39, 0.29) is 30.9 Å². The first kappa shape index (κ1) is 25.0. The molecule has 0 spiro atoms. The molecule has 0 saturated carbocycles. The summed E-state index contributed by atoms with van der Waals surface area (Å²) in [5.74, 6) is 0.840. The molecule has 4 nitrogen and oxygen atoms in total. The number of nitrogens with one attached hydrogen (secondary N) is 2. The molecule has 2 aromatic rings. The molecule has 0 radical (unpaired) electrons. The van der Waals surface area contributed by atoms with Crippen molar-refractivity contribution in [3.63, 3.8) is 0 Å². The van der Waals surface area contributed by atoms with Crippen molar-refractivity contribution in [2.45, 2.75) is 26.2 Å². The topological polar surface area (TPSA) is 53.5 Å². The number of aliphatic hydroxyl groups excluding tert-OH is 1. The molecule has 0 heterocycles. The van der Waals surface area contributed by atoms with Crippen molar-refractivity contribution < 1.29 is 9.84 Å². The third-order valence-electron chi connectivity index (χ3n) is 3.49. The number of aliphatic hydroxyl groups is 1. The number of hydrogen-bond acceptors (Lipinski definition) is 4. The van der Waals surface area contributed by atoms with Crippen molar-refractivity contribution in [3.05, 3.63) is 64.7 Å². The van der Waals surface area contributed by atoms with Crippen LogP contribution in [0.2, 0.25) is 5.02 Å². The van der Waals surface area contributed by atoms with E-state index in [2.05, 4.69) is 10.6 Å². The fraction of sp³-hybridized carbons (Fsp3) is 0.368. The second kappa shape index (κ2) is 14.1. The third-order valence-corrected chi connectivity index (χ3v) is 3.73. The molecule has 0 bridgehead atoms. The lowest BCUT2D eigenvalue weighted by atomic mass is 10.2. The molecule has 1 atom stereocenters. The zero-order chi connectivity index (χ0) is 17.2. The van der Waals surface area contributed by atoms with Crippen molar-refractivity contribution in [1.29, 1.82) is 0 Å². The maximum Gasteiger partial charge on any atom is 0.124 e. The lowest BCUT2D eigenvalue weighted by Gasteiger charge is -2.13. The molecule has 2 rings (SSSR count). The molecule has 0 amide bonds. The normalized spacial score (nSPS) is 11.2. The van der Waals surface area contributed by atoms with Crippen LogP contribution < -0.4 is 15.4 Å². The summed E-state index contributed by atoms with van der Waals surface area (Å²) < 4.78 is 5.94. The molecule has 3 N–H and O–H groups in total. The number of benzene rings is 2.